The number of sulfonamides is 1. The highest BCUT2D eigenvalue weighted by Gasteiger charge is 2.17. The van der Waals surface area contributed by atoms with Gasteiger partial charge in [0, 0.05) is 12.7 Å². The summed E-state index contributed by atoms with van der Waals surface area (Å²) in [5.74, 6) is -0.0742. The van der Waals surface area contributed by atoms with E-state index < -0.39 is 10.0 Å². The van der Waals surface area contributed by atoms with Crippen LogP contribution in [-0.4, -0.2) is 46.5 Å². The third-order valence-electron chi connectivity index (χ3n) is 2.57. The van der Waals surface area contributed by atoms with Crippen LogP contribution in [-0.2, 0) is 16.6 Å². The molecule has 2 aromatic rings. The molecular formula is C11H17N7O2S. The summed E-state index contributed by atoms with van der Waals surface area (Å²) in [6.45, 7) is 4.33. The van der Waals surface area contributed by atoms with Crippen LogP contribution in [0.15, 0.2) is 29.7 Å². The van der Waals surface area contributed by atoms with Gasteiger partial charge in [-0.3, -0.25) is 4.68 Å². The first-order valence-electron chi connectivity index (χ1n) is 6.51. The van der Waals surface area contributed by atoms with Crippen LogP contribution in [0.5, 0.6) is 0 Å². The second kappa shape index (κ2) is 7.09. The average Bonchev–Trinajstić information content (AvgIpc) is 2.94. The van der Waals surface area contributed by atoms with Crippen LogP contribution in [0.2, 0.25) is 0 Å². The minimum absolute atomic E-state index is 0.0606. The molecule has 0 aliphatic carbocycles. The number of anilines is 1. The number of hydrogen-bond acceptors (Lipinski definition) is 7. The second-order valence-electron chi connectivity index (χ2n) is 4.26. The van der Waals surface area contributed by atoms with Gasteiger partial charge in [-0.05, 0) is 13.0 Å². The molecule has 21 heavy (non-hydrogen) atoms. The topological polar surface area (TPSA) is 115 Å². The van der Waals surface area contributed by atoms with E-state index in [-0.39, 0.29) is 10.8 Å². The van der Waals surface area contributed by atoms with Crippen LogP contribution < -0.4 is 10.0 Å². The van der Waals surface area contributed by atoms with E-state index in [9.17, 15) is 8.42 Å². The molecule has 0 radical (unpaired) electrons. The third-order valence-corrected chi connectivity index (χ3v) is 3.86. The molecule has 0 aromatic carbocycles. The van der Waals surface area contributed by atoms with Gasteiger partial charge in [-0.25, -0.2) is 18.1 Å². The van der Waals surface area contributed by atoms with E-state index in [1.807, 2.05) is 0 Å². The molecule has 0 saturated carbocycles. The lowest BCUT2D eigenvalue weighted by Gasteiger charge is -2.03. The molecule has 0 aliphatic heterocycles. The van der Waals surface area contributed by atoms with Crippen LogP contribution in [0.1, 0.15) is 13.3 Å². The molecule has 0 saturated heterocycles. The molecule has 0 fully saturated rings. The van der Waals surface area contributed by atoms with E-state index in [4.69, 9.17) is 0 Å². The van der Waals surface area contributed by atoms with E-state index in [2.05, 4.69) is 37.2 Å². The third kappa shape index (κ3) is 4.46. The van der Waals surface area contributed by atoms with Gasteiger partial charge in [0.2, 0.25) is 0 Å². The van der Waals surface area contributed by atoms with Gasteiger partial charge in [0.05, 0.1) is 25.1 Å². The summed E-state index contributed by atoms with van der Waals surface area (Å²) in [7, 11) is -3.75. The first kappa shape index (κ1) is 15.3. The van der Waals surface area contributed by atoms with Gasteiger partial charge in [0.1, 0.15) is 4.90 Å². The molecule has 10 heteroatoms. The summed E-state index contributed by atoms with van der Waals surface area (Å²) in [4.78, 5) is 3.83. The van der Waals surface area contributed by atoms with Crippen molar-refractivity contribution in [2.24, 2.45) is 0 Å². The number of aromatic nitrogens is 5. The standard InChI is InChI=1S/C11H17N7O2S/c1-2-3-12-6-7-18-9-10(8-15-18)21(19,20)17-11-13-4-5-14-16-11/h4-5,8-9,12H,2-3,6-7H2,1H3,(H,13,16,17). The van der Waals surface area contributed by atoms with Crippen LogP contribution >= 0.6 is 0 Å². The number of hydrogen-bond donors (Lipinski definition) is 2. The van der Waals surface area contributed by atoms with Gasteiger partial charge in [-0.15, -0.1) is 5.10 Å². The van der Waals surface area contributed by atoms with Crippen molar-refractivity contribution in [3.63, 3.8) is 0 Å². The second-order valence-corrected chi connectivity index (χ2v) is 5.94. The Hall–Kier alpha value is -2.07. The Morgan fingerprint density at radius 1 is 1.29 bits per heavy atom. The van der Waals surface area contributed by atoms with E-state index in [0.717, 1.165) is 19.5 Å². The highest BCUT2D eigenvalue weighted by atomic mass is 32.2. The highest BCUT2D eigenvalue weighted by molar-refractivity contribution is 7.92. The largest absolute Gasteiger partial charge is 0.315 e. The Bertz CT molecular complexity index is 656. The minimum atomic E-state index is -3.75. The molecular weight excluding hydrogens is 294 g/mol. The minimum Gasteiger partial charge on any atom is -0.315 e. The van der Waals surface area contributed by atoms with Gasteiger partial charge in [-0.1, -0.05) is 6.92 Å². The normalized spacial score (nSPS) is 11.5. The zero-order valence-electron chi connectivity index (χ0n) is 11.6. The molecule has 0 aliphatic rings. The summed E-state index contributed by atoms with van der Waals surface area (Å²) in [6.07, 6.45) is 6.52. The average molecular weight is 311 g/mol. The fourth-order valence-electron chi connectivity index (χ4n) is 1.57. The molecule has 0 unspecified atom stereocenters. The zero-order valence-corrected chi connectivity index (χ0v) is 12.4. The molecule has 0 amide bonds. The fraction of sp³-hybridized carbons (Fsp3) is 0.455. The fourth-order valence-corrected chi connectivity index (χ4v) is 2.47. The van der Waals surface area contributed by atoms with Gasteiger partial charge in [0.15, 0.2) is 0 Å². The summed E-state index contributed by atoms with van der Waals surface area (Å²) < 4.78 is 28.0. The molecule has 0 atom stereocenters. The van der Waals surface area contributed by atoms with Crippen LogP contribution in [0.3, 0.4) is 0 Å². The predicted octanol–water partition coefficient (Wildman–Crippen LogP) is -0.131. The molecule has 2 heterocycles. The first-order valence-corrected chi connectivity index (χ1v) is 8.00. The quantitative estimate of drug-likeness (QED) is 0.652. The Labute approximate surface area is 122 Å². The van der Waals surface area contributed by atoms with E-state index in [1.165, 1.54) is 24.8 Å². The van der Waals surface area contributed by atoms with Crippen molar-refractivity contribution in [2.45, 2.75) is 24.8 Å². The van der Waals surface area contributed by atoms with Crippen LogP contribution in [0.4, 0.5) is 5.95 Å². The Balaban J connectivity index is 1.99. The molecule has 9 nitrogen and oxygen atoms in total. The van der Waals surface area contributed by atoms with E-state index in [1.54, 1.807) is 4.68 Å². The molecule has 2 aromatic heterocycles. The smallest absolute Gasteiger partial charge is 0.267 e. The monoisotopic (exact) mass is 311 g/mol. The lowest BCUT2D eigenvalue weighted by Crippen LogP contribution is -2.20. The summed E-state index contributed by atoms with van der Waals surface area (Å²) in [5.41, 5.74) is 0. The van der Waals surface area contributed by atoms with Gasteiger partial charge >= 0.3 is 0 Å². The van der Waals surface area contributed by atoms with Crippen molar-refractivity contribution in [3.8, 4) is 0 Å². The predicted molar refractivity (Wildman–Crippen MR) is 76.0 cm³/mol. The van der Waals surface area contributed by atoms with Crippen molar-refractivity contribution in [2.75, 3.05) is 17.8 Å². The Morgan fingerprint density at radius 2 is 2.14 bits per heavy atom. The Morgan fingerprint density at radius 3 is 2.86 bits per heavy atom. The SMILES string of the molecule is CCCNCCn1cc(S(=O)(=O)Nc2nccnn2)cn1. The van der Waals surface area contributed by atoms with E-state index in [0.29, 0.717) is 6.54 Å². The maximum atomic E-state index is 12.1. The van der Waals surface area contributed by atoms with Crippen molar-refractivity contribution in [1.29, 1.82) is 0 Å². The van der Waals surface area contributed by atoms with Crippen molar-refractivity contribution < 1.29 is 8.42 Å². The van der Waals surface area contributed by atoms with Gasteiger partial charge in [-0.2, -0.15) is 10.2 Å². The number of nitrogens with one attached hydrogen (secondary N) is 2. The molecule has 2 N–H and O–H groups in total. The lowest BCUT2D eigenvalue weighted by atomic mass is 10.5. The lowest BCUT2D eigenvalue weighted by molar-refractivity contribution is 0.552. The summed E-state index contributed by atoms with van der Waals surface area (Å²) in [5, 5.41) is 14.4. The van der Waals surface area contributed by atoms with Crippen LogP contribution in [0.25, 0.3) is 0 Å². The molecule has 2 rings (SSSR count). The van der Waals surface area contributed by atoms with Crippen molar-refractivity contribution in [3.05, 3.63) is 24.8 Å². The maximum absolute atomic E-state index is 12.1. The highest BCUT2D eigenvalue weighted by Crippen LogP contribution is 2.10. The molecule has 0 bridgehead atoms. The Kier molecular flexibility index (Phi) is 5.17. The van der Waals surface area contributed by atoms with E-state index >= 15 is 0 Å². The number of rotatable bonds is 8. The van der Waals surface area contributed by atoms with Gasteiger partial charge < -0.3 is 5.32 Å². The number of nitrogens with zero attached hydrogens (tertiary/aromatic N) is 5. The van der Waals surface area contributed by atoms with Gasteiger partial charge in [0.25, 0.3) is 16.0 Å². The summed E-state index contributed by atoms with van der Waals surface area (Å²) in [6, 6.07) is 0. The maximum Gasteiger partial charge on any atom is 0.267 e. The molecule has 114 valence electrons. The summed E-state index contributed by atoms with van der Waals surface area (Å²) >= 11 is 0. The van der Waals surface area contributed by atoms with Crippen molar-refractivity contribution in [1.82, 2.24) is 30.3 Å². The van der Waals surface area contributed by atoms with Crippen LogP contribution in [0, 0.1) is 0 Å². The zero-order chi connectivity index (χ0) is 15.1. The first-order chi connectivity index (χ1) is 10.1. The van der Waals surface area contributed by atoms with Crippen molar-refractivity contribution >= 4 is 16.0 Å². The molecule has 0 spiro atoms.